The van der Waals surface area contributed by atoms with Gasteiger partial charge >= 0.3 is 0 Å². The fourth-order valence-corrected chi connectivity index (χ4v) is 3.18. The second-order valence-electron chi connectivity index (χ2n) is 6.56. The number of nitrogens with zero attached hydrogens (tertiary/aromatic N) is 1. The molecule has 0 unspecified atom stereocenters. The molecule has 3 rings (SSSR count). The topological polar surface area (TPSA) is 52.6 Å². The number of aliphatic hydroxyl groups excluding tert-OH is 1. The summed E-state index contributed by atoms with van der Waals surface area (Å²) >= 11 is 0. The Balaban J connectivity index is 1.66. The Kier molecular flexibility index (Phi) is 5.96. The first-order valence-corrected chi connectivity index (χ1v) is 8.74. The van der Waals surface area contributed by atoms with E-state index in [1.54, 1.807) is 0 Å². The van der Waals surface area contributed by atoms with Crippen LogP contribution in [0.1, 0.15) is 34.3 Å². The van der Waals surface area contributed by atoms with Crippen LogP contribution in [0.5, 0.6) is 0 Å². The lowest BCUT2D eigenvalue weighted by Crippen LogP contribution is -2.35. The van der Waals surface area contributed by atoms with Gasteiger partial charge in [-0.25, -0.2) is 8.78 Å². The molecule has 0 aliphatic carbocycles. The number of nitrogens with one attached hydrogen (secondary N) is 1. The minimum atomic E-state index is -0.873. The number of hydrogen-bond donors (Lipinski definition) is 2. The molecule has 0 spiro atoms. The molecule has 1 aliphatic rings. The lowest BCUT2D eigenvalue weighted by atomic mass is 10.0. The predicted molar refractivity (Wildman–Crippen MR) is 94.5 cm³/mol. The van der Waals surface area contributed by atoms with Crippen molar-refractivity contribution in [1.29, 1.82) is 0 Å². The van der Waals surface area contributed by atoms with Gasteiger partial charge in [0.25, 0.3) is 5.91 Å². The lowest BCUT2D eigenvalue weighted by Gasteiger charge is -2.30. The third kappa shape index (κ3) is 4.45. The van der Waals surface area contributed by atoms with Crippen molar-refractivity contribution in [2.24, 2.45) is 0 Å². The highest BCUT2D eigenvalue weighted by atomic mass is 19.1. The Morgan fingerprint density at radius 2 is 1.65 bits per heavy atom. The summed E-state index contributed by atoms with van der Waals surface area (Å²) < 4.78 is 27.4. The van der Waals surface area contributed by atoms with E-state index in [9.17, 15) is 18.7 Å². The third-order valence-corrected chi connectivity index (χ3v) is 4.70. The van der Waals surface area contributed by atoms with Crippen LogP contribution in [0.15, 0.2) is 42.5 Å². The van der Waals surface area contributed by atoms with Gasteiger partial charge in [0.15, 0.2) is 0 Å². The lowest BCUT2D eigenvalue weighted by molar-refractivity contribution is 0.0790. The van der Waals surface area contributed by atoms with Crippen LogP contribution < -0.4 is 5.32 Å². The molecule has 6 heteroatoms. The Labute approximate surface area is 151 Å². The van der Waals surface area contributed by atoms with Crippen molar-refractivity contribution >= 4 is 5.91 Å². The van der Waals surface area contributed by atoms with Crippen molar-refractivity contribution in [1.82, 2.24) is 10.2 Å². The number of piperidine rings is 1. The summed E-state index contributed by atoms with van der Waals surface area (Å²) in [5.41, 5.74) is 1.40. The summed E-state index contributed by atoms with van der Waals surface area (Å²) in [6.45, 7) is 2.55. The number of rotatable bonds is 5. The van der Waals surface area contributed by atoms with Crippen LogP contribution in [-0.2, 0) is 13.1 Å². The smallest absolute Gasteiger partial charge is 0.257 e. The average Bonchev–Trinajstić information content (AvgIpc) is 2.63. The molecule has 4 nitrogen and oxygen atoms in total. The molecule has 2 N–H and O–H groups in total. The van der Waals surface area contributed by atoms with Crippen LogP contribution in [0.4, 0.5) is 8.78 Å². The Morgan fingerprint density at radius 1 is 1.04 bits per heavy atom. The number of amides is 1. The van der Waals surface area contributed by atoms with Gasteiger partial charge in [0.05, 0.1) is 6.10 Å². The molecule has 0 saturated carbocycles. The van der Waals surface area contributed by atoms with Gasteiger partial charge in [-0.1, -0.05) is 30.3 Å². The van der Waals surface area contributed by atoms with Gasteiger partial charge in [-0.2, -0.15) is 0 Å². The molecule has 1 aliphatic heterocycles. The van der Waals surface area contributed by atoms with E-state index in [4.69, 9.17) is 0 Å². The number of hydrogen-bond acceptors (Lipinski definition) is 3. The summed E-state index contributed by atoms with van der Waals surface area (Å²) in [6.07, 6.45) is 1.29. The number of halogens is 2. The monoisotopic (exact) mass is 360 g/mol. The molecular formula is C20H22F2N2O2. The number of aliphatic hydroxyl groups is 1. The van der Waals surface area contributed by atoms with Gasteiger partial charge in [0.1, 0.15) is 17.2 Å². The van der Waals surface area contributed by atoms with Crippen LogP contribution >= 0.6 is 0 Å². The van der Waals surface area contributed by atoms with Crippen LogP contribution in [-0.4, -0.2) is 35.1 Å². The molecule has 0 atom stereocenters. The van der Waals surface area contributed by atoms with E-state index in [1.165, 1.54) is 6.07 Å². The summed E-state index contributed by atoms with van der Waals surface area (Å²) in [7, 11) is 0. The Morgan fingerprint density at radius 3 is 2.31 bits per heavy atom. The fraction of sp³-hybridized carbons (Fsp3) is 0.350. The Hall–Kier alpha value is -2.31. The maximum absolute atomic E-state index is 13.7. The largest absolute Gasteiger partial charge is 0.393 e. The zero-order valence-corrected chi connectivity index (χ0v) is 14.4. The van der Waals surface area contributed by atoms with Gasteiger partial charge in [-0.15, -0.1) is 0 Å². The third-order valence-electron chi connectivity index (χ3n) is 4.70. The molecule has 1 amide bonds. The van der Waals surface area contributed by atoms with E-state index in [2.05, 4.69) is 10.2 Å². The average molecular weight is 360 g/mol. The first-order valence-electron chi connectivity index (χ1n) is 8.74. The van der Waals surface area contributed by atoms with Crippen molar-refractivity contribution in [3.8, 4) is 0 Å². The first-order chi connectivity index (χ1) is 12.5. The van der Waals surface area contributed by atoms with Crippen molar-refractivity contribution in [3.05, 3.63) is 70.8 Å². The van der Waals surface area contributed by atoms with Gasteiger partial charge in [-0.3, -0.25) is 9.69 Å². The zero-order chi connectivity index (χ0) is 18.5. The standard InChI is InChI=1S/C20H22F2N2O2/c21-17-6-3-7-18(22)19(17)20(26)23-12-14-4-1-2-5-15(14)13-24-10-8-16(25)9-11-24/h1-7,16,25H,8-13H2,(H,23,26). The Bertz CT molecular complexity index is 754. The normalized spacial score (nSPS) is 15.8. The molecule has 0 aromatic heterocycles. The zero-order valence-electron chi connectivity index (χ0n) is 14.4. The fourth-order valence-electron chi connectivity index (χ4n) is 3.18. The highest BCUT2D eigenvalue weighted by Gasteiger charge is 2.19. The minimum Gasteiger partial charge on any atom is -0.393 e. The molecule has 0 radical (unpaired) electrons. The number of benzene rings is 2. The van der Waals surface area contributed by atoms with E-state index in [0.29, 0.717) is 6.54 Å². The van der Waals surface area contributed by atoms with Crippen molar-refractivity contribution in [3.63, 3.8) is 0 Å². The molecule has 2 aromatic carbocycles. The highest BCUT2D eigenvalue weighted by molar-refractivity contribution is 5.94. The number of likely N-dealkylation sites (tertiary alicyclic amines) is 1. The predicted octanol–water partition coefficient (Wildman–Crippen LogP) is 2.85. The van der Waals surface area contributed by atoms with Crippen molar-refractivity contribution < 1.29 is 18.7 Å². The molecule has 1 fully saturated rings. The summed E-state index contributed by atoms with van der Waals surface area (Å²) in [5.74, 6) is -2.51. The highest BCUT2D eigenvalue weighted by Crippen LogP contribution is 2.17. The van der Waals surface area contributed by atoms with Crippen molar-refractivity contribution in [2.45, 2.75) is 32.0 Å². The van der Waals surface area contributed by atoms with Crippen molar-refractivity contribution in [2.75, 3.05) is 13.1 Å². The van der Waals surface area contributed by atoms with Crippen LogP contribution in [0.3, 0.4) is 0 Å². The maximum Gasteiger partial charge on any atom is 0.257 e. The molecule has 138 valence electrons. The summed E-state index contributed by atoms with van der Waals surface area (Å²) in [6, 6.07) is 11.0. The van der Waals surface area contributed by atoms with E-state index in [-0.39, 0.29) is 12.6 Å². The number of carbonyl (C=O) groups is 1. The van der Waals surface area contributed by atoms with Crippen LogP contribution in [0, 0.1) is 11.6 Å². The maximum atomic E-state index is 13.7. The molecule has 1 saturated heterocycles. The van der Waals surface area contributed by atoms with Gasteiger partial charge in [0, 0.05) is 26.2 Å². The van der Waals surface area contributed by atoms with Crippen LogP contribution in [0.25, 0.3) is 0 Å². The second kappa shape index (κ2) is 8.38. The van der Waals surface area contributed by atoms with Gasteiger partial charge < -0.3 is 10.4 Å². The molecule has 0 bridgehead atoms. The number of carbonyl (C=O) groups excluding carboxylic acids is 1. The first kappa shape index (κ1) is 18.5. The minimum absolute atomic E-state index is 0.194. The summed E-state index contributed by atoms with van der Waals surface area (Å²) in [4.78, 5) is 14.4. The molecule has 26 heavy (non-hydrogen) atoms. The summed E-state index contributed by atoms with van der Waals surface area (Å²) in [5, 5.41) is 12.2. The van der Waals surface area contributed by atoms with Gasteiger partial charge in [0.2, 0.25) is 0 Å². The van der Waals surface area contributed by atoms with Crippen LogP contribution in [0.2, 0.25) is 0 Å². The van der Waals surface area contributed by atoms with E-state index < -0.39 is 23.1 Å². The quantitative estimate of drug-likeness (QED) is 0.862. The SMILES string of the molecule is O=C(NCc1ccccc1CN1CCC(O)CC1)c1c(F)cccc1F. The molecular weight excluding hydrogens is 338 g/mol. The van der Waals surface area contributed by atoms with E-state index in [1.807, 2.05) is 24.3 Å². The van der Waals surface area contributed by atoms with E-state index in [0.717, 1.165) is 49.2 Å². The molecule has 1 heterocycles. The second-order valence-corrected chi connectivity index (χ2v) is 6.56. The van der Waals surface area contributed by atoms with Gasteiger partial charge in [-0.05, 0) is 36.1 Å². The van der Waals surface area contributed by atoms with E-state index >= 15 is 0 Å². The molecule has 2 aromatic rings.